The summed E-state index contributed by atoms with van der Waals surface area (Å²) < 4.78 is 25.7. The van der Waals surface area contributed by atoms with Crippen molar-refractivity contribution in [3.05, 3.63) is 34.4 Å². The summed E-state index contributed by atoms with van der Waals surface area (Å²) in [4.78, 5) is 9.51. The number of sulfonamides is 1. The van der Waals surface area contributed by atoms with Gasteiger partial charge in [0.1, 0.15) is 0 Å². The van der Waals surface area contributed by atoms with Crippen molar-refractivity contribution in [2.45, 2.75) is 17.9 Å². The molecule has 94 valence electrons. The summed E-state index contributed by atoms with van der Waals surface area (Å²) in [6.07, 6.45) is 0. The van der Waals surface area contributed by atoms with E-state index < -0.39 is 31.6 Å². The fourth-order valence-electron chi connectivity index (χ4n) is 1.20. The maximum atomic E-state index is 11.8. The maximum Gasteiger partial charge on any atom is 0.289 e. The van der Waals surface area contributed by atoms with Gasteiger partial charge in [0.25, 0.3) is 5.69 Å². The molecule has 0 saturated carbocycles. The zero-order valence-electron chi connectivity index (χ0n) is 9.03. The van der Waals surface area contributed by atoms with Crippen LogP contribution in [0.15, 0.2) is 29.2 Å². The largest absolute Gasteiger partial charge is 0.395 e. The standard InChI is InChI=1S/C9H12N2O5S/c1-7(6-12)10-17(15,16)9-5-3-2-4-8(9)11(13)14/h2-5,7,10,12H,6H2,1H3/t7-/m1/s1. The van der Waals surface area contributed by atoms with E-state index in [-0.39, 0.29) is 6.61 Å². The van der Waals surface area contributed by atoms with Crippen LogP contribution >= 0.6 is 0 Å². The molecule has 0 bridgehead atoms. The molecule has 0 aliphatic rings. The fraction of sp³-hybridized carbons (Fsp3) is 0.333. The van der Waals surface area contributed by atoms with Crippen molar-refractivity contribution in [2.24, 2.45) is 0 Å². The highest BCUT2D eigenvalue weighted by atomic mass is 32.2. The molecule has 1 rings (SSSR count). The van der Waals surface area contributed by atoms with Crippen molar-refractivity contribution in [2.75, 3.05) is 6.61 Å². The molecule has 0 aliphatic heterocycles. The van der Waals surface area contributed by atoms with Crippen LogP contribution in [0.4, 0.5) is 5.69 Å². The number of para-hydroxylation sites is 1. The predicted octanol–water partition coefficient (Wildman–Crippen LogP) is 0.254. The second-order valence-corrected chi connectivity index (χ2v) is 5.11. The van der Waals surface area contributed by atoms with E-state index in [4.69, 9.17) is 5.11 Å². The van der Waals surface area contributed by atoms with E-state index in [0.29, 0.717) is 0 Å². The summed E-state index contributed by atoms with van der Waals surface area (Å²) in [6, 6.07) is 4.32. The summed E-state index contributed by atoms with van der Waals surface area (Å²) in [6.45, 7) is 1.06. The summed E-state index contributed by atoms with van der Waals surface area (Å²) in [5, 5.41) is 19.5. The predicted molar refractivity (Wildman–Crippen MR) is 60.0 cm³/mol. The van der Waals surface area contributed by atoms with Crippen molar-refractivity contribution in [1.82, 2.24) is 4.72 Å². The lowest BCUT2D eigenvalue weighted by atomic mass is 10.3. The minimum absolute atomic E-state index is 0.389. The molecule has 0 aromatic heterocycles. The number of nitrogens with zero attached hydrogens (tertiary/aromatic N) is 1. The Balaban J connectivity index is 3.20. The zero-order chi connectivity index (χ0) is 13.1. The molecule has 0 fully saturated rings. The first-order chi connectivity index (χ1) is 7.88. The third kappa shape index (κ3) is 3.22. The van der Waals surface area contributed by atoms with Gasteiger partial charge in [0, 0.05) is 12.1 Å². The van der Waals surface area contributed by atoms with Gasteiger partial charge in [-0.3, -0.25) is 10.1 Å². The van der Waals surface area contributed by atoms with E-state index in [1.165, 1.54) is 19.1 Å². The van der Waals surface area contributed by atoms with Crippen molar-refractivity contribution in [3.63, 3.8) is 0 Å². The Kier molecular flexibility index (Phi) is 4.16. The average molecular weight is 260 g/mol. The monoisotopic (exact) mass is 260 g/mol. The quantitative estimate of drug-likeness (QED) is 0.582. The van der Waals surface area contributed by atoms with E-state index in [1.54, 1.807) is 0 Å². The number of nitrogens with one attached hydrogen (secondary N) is 1. The zero-order valence-corrected chi connectivity index (χ0v) is 9.85. The first kappa shape index (κ1) is 13.6. The summed E-state index contributed by atoms with van der Waals surface area (Å²) in [5.74, 6) is 0. The molecule has 2 N–H and O–H groups in total. The molecule has 1 aromatic carbocycles. The third-order valence-electron chi connectivity index (χ3n) is 1.98. The minimum Gasteiger partial charge on any atom is -0.395 e. The number of aliphatic hydroxyl groups excluding tert-OH is 1. The molecule has 1 aromatic rings. The molecular formula is C9H12N2O5S. The molecule has 7 nitrogen and oxygen atoms in total. The van der Waals surface area contributed by atoms with Gasteiger partial charge in [0.15, 0.2) is 4.90 Å². The van der Waals surface area contributed by atoms with Crippen LogP contribution in [0.3, 0.4) is 0 Å². The Labute approximate surface area is 98.3 Å². The Morgan fingerprint density at radius 2 is 2.06 bits per heavy atom. The number of aliphatic hydroxyl groups is 1. The smallest absolute Gasteiger partial charge is 0.289 e. The first-order valence-electron chi connectivity index (χ1n) is 4.75. The van der Waals surface area contributed by atoms with Gasteiger partial charge in [-0.15, -0.1) is 0 Å². The lowest BCUT2D eigenvalue weighted by Crippen LogP contribution is -2.35. The molecule has 8 heteroatoms. The van der Waals surface area contributed by atoms with Gasteiger partial charge in [-0.1, -0.05) is 12.1 Å². The van der Waals surface area contributed by atoms with Gasteiger partial charge in [-0.05, 0) is 13.0 Å². The van der Waals surface area contributed by atoms with Crippen molar-refractivity contribution < 1.29 is 18.4 Å². The van der Waals surface area contributed by atoms with Crippen LogP contribution in [0.25, 0.3) is 0 Å². The minimum atomic E-state index is -4.00. The van der Waals surface area contributed by atoms with Gasteiger partial charge >= 0.3 is 0 Å². The van der Waals surface area contributed by atoms with Gasteiger partial charge < -0.3 is 5.11 Å². The van der Waals surface area contributed by atoms with Crippen LogP contribution in [0.2, 0.25) is 0 Å². The highest BCUT2D eigenvalue weighted by Gasteiger charge is 2.26. The molecule has 0 heterocycles. The summed E-state index contributed by atoms with van der Waals surface area (Å²) in [7, 11) is -4.00. The highest BCUT2D eigenvalue weighted by molar-refractivity contribution is 7.89. The van der Waals surface area contributed by atoms with Gasteiger partial charge in [-0.25, -0.2) is 13.1 Å². The Bertz CT molecular complexity index is 514. The number of benzene rings is 1. The van der Waals surface area contributed by atoms with Crippen LogP contribution in [-0.2, 0) is 10.0 Å². The lowest BCUT2D eigenvalue weighted by Gasteiger charge is -2.11. The second-order valence-electron chi connectivity index (χ2n) is 3.43. The van der Waals surface area contributed by atoms with Crippen LogP contribution < -0.4 is 4.72 Å². The van der Waals surface area contributed by atoms with E-state index in [9.17, 15) is 18.5 Å². The molecule has 0 amide bonds. The van der Waals surface area contributed by atoms with E-state index in [2.05, 4.69) is 4.72 Å². The average Bonchev–Trinajstić information content (AvgIpc) is 2.28. The Morgan fingerprint density at radius 3 is 2.59 bits per heavy atom. The first-order valence-corrected chi connectivity index (χ1v) is 6.23. The Hall–Kier alpha value is -1.51. The normalized spacial score (nSPS) is 13.3. The van der Waals surface area contributed by atoms with Gasteiger partial charge in [0.05, 0.1) is 11.5 Å². The van der Waals surface area contributed by atoms with Crippen LogP contribution in [0.5, 0.6) is 0 Å². The maximum absolute atomic E-state index is 11.8. The van der Waals surface area contributed by atoms with E-state index in [1.807, 2.05) is 0 Å². The third-order valence-corrected chi connectivity index (χ3v) is 3.62. The Morgan fingerprint density at radius 1 is 1.47 bits per heavy atom. The molecule has 0 radical (unpaired) electrons. The second kappa shape index (κ2) is 5.21. The number of nitro benzene ring substituents is 1. The van der Waals surface area contributed by atoms with E-state index >= 15 is 0 Å². The molecule has 0 saturated heterocycles. The number of hydrogen-bond acceptors (Lipinski definition) is 5. The van der Waals surface area contributed by atoms with Gasteiger partial charge in [-0.2, -0.15) is 0 Å². The molecule has 17 heavy (non-hydrogen) atoms. The topological polar surface area (TPSA) is 110 Å². The molecule has 0 unspecified atom stereocenters. The molecule has 0 spiro atoms. The summed E-state index contributed by atoms with van der Waals surface area (Å²) >= 11 is 0. The number of hydrogen-bond donors (Lipinski definition) is 2. The van der Waals surface area contributed by atoms with Crippen LogP contribution in [0, 0.1) is 10.1 Å². The van der Waals surface area contributed by atoms with Crippen molar-refractivity contribution in [3.8, 4) is 0 Å². The van der Waals surface area contributed by atoms with Crippen LogP contribution in [-0.4, -0.2) is 31.1 Å². The molecule has 1 atom stereocenters. The fourth-order valence-corrected chi connectivity index (χ4v) is 2.61. The van der Waals surface area contributed by atoms with Gasteiger partial charge in [0.2, 0.25) is 10.0 Å². The van der Waals surface area contributed by atoms with Crippen LogP contribution in [0.1, 0.15) is 6.92 Å². The SMILES string of the molecule is C[C@H](CO)NS(=O)(=O)c1ccccc1[N+](=O)[O-]. The molecular weight excluding hydrogens is 248 g/mol. The lowest BCUT2D eigenvalue weighted by molar-refractivity contribution is -0.387. The van der Waals surface area contributed by atoms with Crippen molar-refractivity contribution in [1.29, 1.82) is 0 Å². The highest BCUT2D eigenvalue weighted by Crippen LogP contribution is 2.22. The van der Waals surface area contributed by atoms with E-state index in [0.717, 1.165) is 12.1 Å². The van der Waals surface area contributed by atoms with Crippen molar-refractivity contribution >= 4 is 15.7 Å². The summed E-state index contributed by atoms with van der Waals surface area (Å²) in [5.41, 5.74) is -0.495. The number of rotatable bonds is 5. The number of nitro groups is 1. The molecule has 0 aliphatic carbocycles.